The highest BCUT2D eigenvalue weighted by Crippen LogP contribution is 2.32. The van der Waals surface area contributed by atoms with Crippen LogP contribution in [0, 0.1) is 13.8 Å². The number of benzene rings is 1. The van der Waals surface area contributed by atoms with Crippen LogP contribution in [-0.2, 0) is 5.88 Å². The van der Waals surface area contributed by atoms with Crippen LogP contribution in [0.1, 0.15) is 16.8 Å². The molecule has 1 N–H and O–H groups in total. The van der Waals surface area contributed by atoms with Gasteiger partial charge in [-0.2, -0.15) is 0 Å². The van der Waals surface area contributed by atoms with E-state index in [1.165, 1.54) is 16.5 Å². The van der Waals surface area contributed by atoms with Crippen molar-refractivity contribution in [1.82, 2.24) is 4.98 Å². The molecule has 0 unspecified atom stereocenters. The number of rotatable bonds is 2. The summed E-state index contributed by atoms with van der Waals surface area (Å²) in [5.41, 5.74) is 4.56. The van der Waals surface area contributed by atoms with E-state index in [0.29, 0.717) is 5.88 Å². The summed E-state index contributed by atoms with van der Waals surface area (Å²) in [5, 5.41) is 1.20. The molecular weight excluding hydrogens is 210 g/mol. The molecule has 0 aliphatic carbocycles. The topological polar surface area (TPSA) is 25.0 Å². The van der Waals surface area contributed by atoms with Crippen LogP contribution < -0.4 is 4.74 Å². The summed E-state index contributed by atoms with van der Waals surface area (Å²) in [4.78, 5) is 3.33. The molecule has 0 bridgehead atoms. The van der Waals surface area contributed by atoms with E-state index in [9.17, 15) is 0 Å². The minimum atomic E-state index is 0.528. The Morgan fingerprint density at radius 3 is 2.67 bits per heavy atom. The maximum Gasteiger partial charge on any atom is 0.142 e. The van der Waals surface area contributed by atoms with Crippen molar-refractivity contribution in [3.63, 3.8) is 0 Å². The zero-order valence-electron chi connectivity index (χ0n) is 9.15. The summed E-state index contributed by atoms with van der Waals surface area (Å²) < 4.78 is 5.32. The van der Waals surface area contributed by atoms with Gasteiger partial charge in [0.1, 0.15) is 5.75 Å². The Balaban J connectivity index is 2.87. The molecule has 2 nitrogen and oxygen atoms in total. The molecule has 1 aromatic heterocycles. The number of ether oxygens (including phenoxy) is 1. The number of hydrogen-bond acceptors (Lipinski definition) is 1. The predicted molar refractivity (Wildman–Crippen MR) is 63.9 cm³/mol. The van der Waals surface area contributed by atoms with Crippen molar-refractivity contribution < 1.29 is 4.74 Å². The van der Waals surface area contributed by atoms with Crippen LogP contribution in [0.4, 0.5) is 0 Å². The van der Waals surface area contributed by atoms with Gasteiger partial charge in [0.2, 0.25) is 0 Å². The van der Waals surface area contributed by atoms with E-state index in [1.54, 1.807) is 7.11 Å². The molecule has 80 valence electrons. The summed E-state index contributed by atoms with van der Waals surface area (Å²) in [5.74, 6) is 1.40. The molecule has 0 saturated carbocycles. The molecule has 0 aliphatic heterocycles. The fourth-order valence-corrected chi connectivity index (χ4v) is 2.32. The minimum absolute atomic E-state index is 0.528. The van der Waals surface area contributed by atoms with Crippen LogP contribution in [0.2, 0.25) is 0 Å². The van der Waals surface area contributed by atoms with Crippen LogP contribution in [0.15, 0.2) is 12.1 Å². The van der Waals surface area contributed by atoms with Crippen molar-refractivity contribution in [2.75, 3.05) is 7.11 Å². The zero-order valence-corrected chi connectivity index (χ0v) is 9.90. The Morgan fingerprint density at radius 2 is 2.07 bits per heavy atom. The van der Waals surface area contributed by atoms with Crippen molar-refractivity contribution in [1.29, 1.82) is 0 Å². The van der Waals surface area contributed by atoms with Gasteiger partial charge in [0.25, 0.3) is 0 Å². The van der Waals surface area contributed by atoms with Gasteiger partial charge in [0, 0.05) is 17.0 Å². The first kappa shape index (κ1) is 10.4. The highest BCUT2D eigenvalue weighted by atomic mass is 35.5. The molecule has 3 heteroatoms. The van der Waals surface area contributed by atoms with Crippen LogP contribution in [-0.4, -0.2) is 12.1 Å². The molecule has 0 spiro atoms. The fourth-order valence-electron chi connectivity index (χ4n) is 1.99. The van der Waals surface area contributed by atoms with Gasteiger partial charge < -0.3 is 9.72 Å². The Kier molecular flexibility index (Phi) is 2.61. The predicted octanol–water partition coefficient (Wildman–Crippen LogP) is 3.53. The highest BCUT2D eigenvalue weighted by molar-refractivity contribution is 6.18. The maximum absolute atomic E-state index is 5.96. The third-order valence-electron chi connectivity index (χ3n) is 2.80. The number of aromatic nitrogens is 1. The maximum atomic E-state index is 5.96. The normalized spacial score (nSPS) is 10.9. The van der Waals surface area contributed by atoms with E-state index in [-0.39, 0.29) is 0 Å². The number of fused-ring (bicyclic) bond motifs is 1. The Hall–Kier alpha value is -1.15. The molecule has 0 saturated heterocycles. The van der Waals surface area contributed by atoms with Crippen molar-refractivity contribution in [2.45, 2.75) is 19.7 Å². The van der Waals surface area contributed by atoms with Crippen LogP contribution in [0.3, 0.4) is 0 Å². The van der Waals surface area contributed by atoms with Crippen LogP contribution in [0.5, 0.6) is 5.75 Å². The zero-order chi connectivity index (χ0) is 11.0. The number of halogens is 1. The van der Waals surface area contributed by atoms with Crippen LogP contribution >= 0.6 is 11.6 Å². The first-order valence-corrected chi connectivity index (χ1v) is 5.43. The van der Waals surface area contributed by atoms with Gasteiger partial charge in [-0.25, -0.2) is 0 Å². The van der Waals surface area contributed by atoms with E-state index < -0.39 is 0 Å². The lowest BCUT2D eigenvalue weighted by atomic mass is 10.1. The highest BCUT2D eigenvalue weighted by Gasteiger charge is 2.12. The minimum Gasteiger partial charge on any atom is -0.495 e. The molecular formula is C12H14ClNO. The standard InChI is InChI=1S/C12H14ClNO/c1-7-4-5-10(15-3)12-11(7)9(6-13)8(2)14-12/h4-5,14H,6H2,1-3H3. The second-order valence-corrected chi connectivity index (χ2v) is 3.96. The summed E-state index contributed by atoms with van der Waals surface area (Å²) >= 11 is 5.96. The van der Waals surface area contributed by atoms with Gasteiger partial charge >= 0.3 is 0 Å². The lowest BCUT2D eigenvalue weighted by molar-refractivity contribution is 0.419. The lowest BCUT2D eigenvalue weighted by Crippen LogP contribution is -1.86. The first-order chi connectivity index (χ1) is 7.19. The number of nitrogens with one attached hydrogen (secondary N) is 1. The molecule has 15 heavy (non-hydrogen) atoms. The molecule has 1 aromatic carbocycles. The second-order valence-electron chi connectivity index (χ2n) is 3.70. The van der Waals surface area contributed by atoms with Crippen molar-refractivity contribution >= 4 is 22.5 Å². The van der Waals surface area contributed by atoms with E-state index in [0.717, 1.165) is 17.0 Å². The Morgan fingerprint density at radius 1 is 1.33 bits per heavy atom. The molecule has 0 amide bonds. The van der Waals surface area contributed by atoms with Gasteiger partial charge in [0.15, 0.2) is 0 Å². The van der Waals surface area contributed by atoms with Gasteiger partial charge in [-0.3, -0.25) is 0 Å². The lowest BCUT2D eigenvalue weighted by Gasteiger charge is -2.04. The third-order valence-corrected chi connectivity index (χ3v) is 3.06. The first-order valence-electron chi connectivity index (χ1n) is 4.89. The third kappa shape index (κ3) is 1.49. The smallest absolute Gasteiger partial charge is 0.142 e. The number of methoxy groups -OCH3 is 1. The average molecular weight is 224 g/mol. The van der Waals surface area contributed by atoms with Gasteiger partial charge in [-0.05, 0) is 31.0 Å². The second kappa shape index (κ2) is 3.78. The molecule has 0 fully saturated rings. The van der Waals surface area contributed by atoms with Crippen LogP contribution in [0.25, 0.3) is 10.9 Å². The number of hydrogen-bond donors (Lipinski definition) is 1. The van der Waals surface area contributed by atoms with Crippen molar-refractivity contribution in [3.8, 4) is 5.75 Å². The van der Waals surface area contributed by atoms with Gasteiger partial charge in [0.05, 0.1) is 12.6 Å². The number of aryl methyl sites for hydroxylation is 2. The summed E-state index contributed by atoms with van der Waals surface area (Å²) in [6.07, 6.45) is 0. The number of alkyl halides is 1. The summed E-state index contributed by atoms with van der Waals surface area (Å²) in [7, 11) is 1.68. The van der Waals surface area contributed by atoms with Crippen molar-refractivity contribution in [2.24, 2.45) is 0 Å². The molecule has 1 heterocycles. The van der Waals surface area contributed by atoms with Gasteiger partial charge in [-0.15, -0.1) is 11.6 Å². The molecule has 2 rings (SSSR count). The fraction of sp³-hybridized carbons (Fsp3) is 0.333. The average Bonchev–Trinajstić information content (AvgIpc) is 2.56. The summed E-state index contributed by atoms with van der Waals surface area (Å²) in [6, 6.07) is 4.04. The van der Waals surface area contributed by atoms with E-state index >= 15 is 0 Å². The van der Waals surface area contributed by atoms with Gasteiger partial charge in [-0.1, -0.05) is 6.07 Å². The SMILES string of the molecule is COc1ccc(C)c2c(CCl)c(C)[nH]c12. The van der Waals surface area contributed by atoms with Crippen molar-refractivity contribution in [3.05, 3.63) is 29.0 Å². The Labute approximate surface area is 94.2 Å². The quantitative estimate of drug-likeness (QED) is 0.775. The largest absolute Gasteiger partial charge is 0.495 e. The van der Waals surface area contributed by atoms with E-state index in [4.69, 9.17) is 16.3 Å². The Bertz CT molecular complexity index is 502. The number of aromatic amines is 1. The molecule has 0 radical (unpaired) electrons. The molecule has 0 atom stereocenters. The molecule has 2 aromatic rings. The van der Waals surface area contributed by atoms with E-state index in [1.807, 2.05) is 13.0 Å². The van der Waals surface area contributed by atoms with E-state index in [2.05, 4.69) is 18.0 Å². The molecule has 0 aliphatic rings. The number of H-pyrrole nitrogens is 1. The monoisotopic (exact) mass is 223 g/mol. The summed E-state index contributed by atoms with van der Waals surface area (Å²) in [6.45, 7) is 4.13.